The van der Waals surface area contributed by atoms with E-state index >= 15 is 0 Å². The third kappa shape index (κ3) is 3.87. The molecule has 0 bridgehead atoms. The molecule has 0 aliphatic heterocycles. The number of aromatic nitrogens is 1. The number of hydrogen-bond acceptors (Lipinski definition) is 0. The van der Waals surface area contributed by atoms with E-state index in [0.29, 0.717) is 0 Å². The molecule has 0 N–H and O–H groups in total. The quantitative estimate of drug-likeness (QED) is 0.701. The van der Waals surface area contributed by atoms with Crippen LogP contribution in [0.15, 0.2) is 18.5 Å². The molecule has 2 aliphatic carbocycles. The van der Waals surface area contributed by atoms with Gasteiger partial charge in [-0.2, -0.15) is 0 Å². The van der Waals surface area contributed by atoms with Crippen molar-refractivity contribution < 1.29 is 0 Å². The second-order valence-corrected chi connectivity index (χ2v) is 6.93. The van der Waals surface area contributed by atoms with Crippen molar-refractivity contribution in [2.75, 3.05) is 0 Å². The smallest absolute Gasteiger partial charge is 0.0248 e. The van der Waals surface area contributed by atoms with E-state index in [-0.39, 0.29) is 0 Å². The first-order valence-electron chi connectivity index (χ1n) is 8.55. The largest absolute Gasteiger partial charge is 0.354 e. The van der Waals surface area contributed by atoms with Gasteiger partial charge in [-0.15, -0.1) is 0 Å². The lowest BCUT2D eigenvalue weighted by atomic mass is 9.85. The van der Waals surface area contributed by atoms with Crippen molar-refractivity contribution in [3.8, 4) is 0 Å². The molecule has 106 valence electrons. The molecule has 0 spiro atoms. The Hall–Kier alpha value is -0.720. The Labute approximate surface area is 118 Å². The maximum Gasteiger partial charge on any atom is 0.0248 e. The number of nitrogens with zero attached hydrogens (tertiary/aromatic N) is 1. The molecule has 1 aromatic rings. The highest BCUT2D eigenvalue weighted by Crippen LogP contribution is 2.28. The second kappa shape index (κ2) is 6.63. The Bertz CT molecular complexity index is 332. The Balaban J connectivity index is 1.50. The maximum atomic E-state index is 2.47. The van der Waals surface area contributed by atoms with Crippen LogP contribution in [0.5, 0.6) is 0 Å². The van der Waals surface area contributed by atoms with Crippen LogP contribution in [0.2, 0.25) is 0 Å². The lowest BCUT2D eigenvalue weighted by molar-refractivity contribution is 0.319. The lowest BCUT2D eigenvalue weighted by Gasteiger charge is -2.22. The predicted molar refractivity (Wildman–Crippen MR) is 81.3 cm³/mol. The first-order valence-corrected chi connectivity index (χ1v) is 8.55. The van der Waals surface area contributed by atoms with E-state index in [1.165, 1.54) is 77.2 Å². The molecular weight excluding hydrogens is 230 g/mol. The van der Waals surface area contributed by atoms with E-state index in [4.69, 9.17) is 0 Å². The first kappa shape index (κ1) is 13.3. The standard InChI is InChI=1S/C18H29N/c1-3-7-16(8-4-1)13-18-11-12-19(15-18)14-17-9-5-2-6-10-17/h11-12,15-17H,1-10,13-14H2. The van der Waals surface area contributed by atoms with Gasteiger partial charge in [0.2, 0.25) is 0 Å². The minimum absolute atomic E-state index is 0.948. The highest BCUT2D eigenvalue weighted by atomic mass is 14.9. The molecule has 0 atom stereocenters. The molecule has 3 rings (SSSR count). The van der Waals surface area contributed by atoms with Crippen molar-refractivity contribution in [3.05, 3.63) is 24.0 Å². The van der Waals surface area contributed by atoms with E-state index in [1.54, 1.807) is 5.56 Å². The van der Waals surface area contributed by atoms with Crippen LogP contribution >= 0.6 is 0 Å². The molecule has 1 heterocycles. The van der Waals surface area contributed by atoms with Gasteiger partial charge in [0.15, 0.2) is 0 Å². The Kier molecular flexibility index (Phi) is 4.63. The van der Waals surface area contributed by atoms with Gasteiger partial charge in [0, 0.05) is 18.9 Å². The van der Waals surface area contributed by atoms with Crippen molar-refractivity contribution in [1.82, 2.24) is 4.57 Å². The zero-order valence-corrected chi connectivity index (χ0v) is 12.3. The summed E-state index contributed by atoms with van der Waals surface area (Å²) in [7, 11) is 0. The Morgan fingerprint density at radius 2 is 1.47 bits per heavy atom. The zero-order valence-electron chi connectivity index (χ0n) is 12.3. The summed E-state index contributed by atoms with van der Waals surface area (Å²) in [5.41, 5.74) is 1.59. The normalized spacial score (nSPS) is 22.7. The molecule has 1 aromatic heterocycles. The van der Waals surface area contributed by atoms with Gasteiger partial charge in [0.25, 0.3) is 0 Å². The minimum atomic E-state index is 0.948. The van der Waals surface area contributed by atoms with E-state index in [9.17, 15) is 0 Å². The molecule has 0 aromatic carbocycles. The molecule has 0 radical (unpaired) electrons. The van der Waals surface area contributed by atoms with Crippen LogP contribution < -0.4 is 0 Å². The second-order valence-electron chi connectivity index (χ2n) is 6.93. The van der Waals surface area contributed by atoms with Gasteiger partial charge in [0.1, 0.15) is 0 Å². The summed E-state index contributed by atoms with van der Waals surface area (Å²) < 4.78 is 2.47. The Morgan fingerprint density at radius 3 is 2.16 bits per heavy atom. The van der Waals surface area contributed by atoms with E-state index < -0.39 is 0 Å². The summed E-state index contributed by atoms with van der Waals surface area (Å²) in [5, 5.41) is 0. The van der Waals surface area contributed by atoms with Crippen molar-refractivity contribution in [1.29, 1.82) is 0 Å². The Morgan fingerprint density at radius 1 is 0.842 bits per heavy atom. The summed E-state index contributed by atoms with van der Waals surface area (Å²) in [6, 6.07) is 2.37. The summed E-state index contributed by atoms with van der Waals surface area (Å²) in [5.74, 6) is 1.92. The van der Waals surface area contributed by atoms with Gasteiger partial charge in [-0.1, -0.05) is 51.4 Å². The molecular formula is C18H29N. The first-order chi connectivity index (χ1) is 9.40. The molecule has 0 amide bonds. The zero-order chi connectivity index (χ0) is 12.9. The van der Waals surface area contributed by atoms with Crippen LogP contribution in [0.1, 0.15) is 69.8 Å². The van der Waals surface area contributed by atoms with Crippen LogP contribution in [-0.2, 0) is 13.0 Å². The highest BCUT2D eigenvalue weighted by Gasteiger charge is 2.16. The number of rotatable bonds is 4. The molecule has 0 saturated heterocycles. The highest BCUT2D eigenvalue weighted by molar-refractivity contribution is 5.11. The van der Waals surface area contributed by atoms with Gasteiger partial charge in [-0.3, -0.25) is 0 Å². The molecule has 2 aliphatic rings. The fourth-order valence-electron chi connectivity index (χ4n) is 4.12. The average molecular weight is 259 g/mol. The SMILES string of the molecule is c1cn(CC2CCCCC2)cc1CC1CCCCC1. The molecule has 19 heavy (non-hydrogen) atoms. The molecule has 2 saturated carbocycles. The summed E-state index contributed by atoms with van der Waals surface area (Å²) >= 11 is 0. The molecule has 1 heteroatoms. The van der Waals surface area contributed by atoms with Crippen LogP contribution in [0.4, 0.5) is 0 Å². The van der Waals surface area contributed by atoms with Crippen LogP contribution in [-0.4, -0.2) is 4.57 Å². The van der Waals surface area contributed by atoms with Crippen LogP contribution in [0.3, 0.4) is 0 Å². The van der Waals surface area contributed by atoms with Gasteiger partial charge in [0.05, 0.1) is 0 Å². The van der Waals surface area contributed by atoms with Crippen molar-refractivity contribution in [2.45, 2.75) is 77.2 Å². The van der Waals surface area contributed by atoms with Gasteiger partial charge in [-0.25, -0.2) is 0 Å². The van der Waals surface area contributed by atoms with Gasteiger partial charge < -0.3 is 4.57 Å². The van der Waals surface area contributed by atoms with Crippen molar-refractivity contribution in [2.24, 2.45) is 11.8 Å². The van der Waals surface area contributed by atoms with Crippen LogP contribution in [0, 0.1) is 11.8 Å². The molecule has 2 fully saturated rings. The summed E-state index contributed by atoms with van der Waals surface area (Å²) in [6.07, 6.45) is 20.7. The summed E-state index contributed by atoms with van der Waals surface area (Å²) in [4.78, 5) is 0. The van der Waals surface area contributed by atoms with E-state index in [0.717, 1.165) is 11.8 Å². The van der Waals surface area contributed by atoms with E-state index in [2.05, 4.69) is 23.0 Å². The number of hydrogen-bond donors (Lipinski definition) is 0. The molecule has 1 nitrogen and oxygen atoms in total. The predicted octanol–water partition coefficient (Wildman–Crippen LogP) is 5.19. The third-order valence-corrected chi connectivity index (χ3v) is 5.25. The minimum Gasteiger partial charge on any atom is -0.354 e. The van der Waals surface area contributed by atoms with Gasteiger partial charge in [-0.05, 0) is 42.7 Å². The maximum absolute atomic E-state index is 2.47. The average Bonchev–Trinajstić information content (AvgIpc) is 2.88. The fraction of sp³-hybridized carbons (Fsp3) is 0.778. The monoisotopic (exact) mass is 259 g/mol. The lowest BCUT2D eigenvalue weighted by Crippen LogP contribution is -2.13. The van der Waals surface area contributed by atoms with E-state index in [1.807, 2.05) is 0 Å². The van der Waals surface area contributed by atoms with Crippen molar-refractivity contribution in [3.63, 3.8) is 0 Å². The van der Waals surface area contributed by atoms with Crippen molar-refractivity contribution >= 4 is 0 Å². The topological polar surface area (TPSA) is 4.93 Å². The molecule has 0 unspecified atom stereocenters. The van der Waals surface area contributed by atoms with Gasteiger partial charge >= 0.3 is 0 Å². The summed E-state index contributed by atoms with van der Waals surface area (Å²) in [6.45, 7) is 1.27. The fourth-order valence-corrected chi connectivity index (χ4v) is 4.12. The van der Waals surface area contributed by atoms with Crippen LogP contribution in [0.25, 0.3) is 0 Å². The third-order valence-electron chi connectivity index (χ3n) is 5.25.